The first-order valence-corrected chi connectivity index (χ1v) is 6.23. The number of aryl methyl sites for hydroxylation is 1. The summed E-state index contributed by atoms with van der Waals surface area (Å²) in [6.07, 6.45) is 2.07. The lowest BCUT2D eigenvalue weighted by atomic mass is 10.0. The Kier molecular flexibility index (Phi) is 5.00. The average Bonchev–Trinajstić information content (AvgIpc) is 2.63. The summed E-state index contributed by atoms with van der Waals surface area (Å²) in [5, 5.41) is 7.96. The second kappa shape index (κ2) is 6.04. The fraction of sp³-hybridized carbons (Fsp3) is 0.769. The first-order valence-electron chi connectivity index (χ1n) is 6.23. The molecule has 92 valence electrons. The minimum Gasteiger partial charge on any atom is -0.316 e. The van der Waals surface area contributed by atoms with E-state index in [4.69, 9.17) is 0 Å². The van der Waals surface area contributed by atoms with Gasteiger partial charge in [-0.15, -0.1) is 0 Å². The van der Waals surface area contributed by atoms with Crippen LogP contribution in [0, 0.1) is 18.8 Å². The minimum atomic E-state index is 0.452. The van der Waals surface area contributed by atoms with Crippen molar-refractivity contribution in [3.63, 3.8) is 0 Å². The highest BCUT2D eigenvalue weighted by Gasteiger charge is 2.14. The first-order chi connectivity index (χ1) is 7.50. The SMILES string of the molecule is Cc1ccn(C(C)C(C)CNCC(C)C)n1. The molecule has 1 rings (SSSR count). The molecular formula is C13H25N3. The molecule has 0 radical (unpaired) electrons. The third-order valence-electron chi connectivity index (χ3n) is 3.00. The van der Waals surface area contributed by atoms with Crippen molar-refractivity contribution >= 4 is 0 Å². The summed E-state index contributed by atoms with van der Waals surface area (Å²) in [4.78, 5) is 0. The Morgan fingerprint density at radius 2 is 1.94 bits per heavy atom. The third kappa shape index (κ3) is 3.97. The molecule has 2 unspecified atom stereocenters. The molecule has 0 spiro atoms. The number of aromatic nitrogens is 2. The molecule has 0 bridgehead atoms. The molecule has 1 aromatic rings. The second-order valence-electron chi connectivity index (χ2n) is 5.21. The van der Waals surface area contributed by atoms with Gasteiger partial charge in [0.2, 0.25) is 0 Å². The topological polar surface area (TPSA) is 29.9 Å². The highest BCUT2D eigenvalue weighted by molar-refractivity contribution is 4.96. The van der Waals surface area contributed by atoms with Crippen LogP contribution in [0.4, 0.5) is 0 Å². The summed E-state index contributed by atoms with van der Waals surface area (Å²) in [7, 11) is 0. The molecule has 1 N–H and O–H groups in total. The van der Waals surface area contributed by atoms with Crippen molar-refractivity contribution in [2.24, 2.45) is 11.8 Å². The quantitative estimate of drug-likeness (QED) is 0.803. The lowest BCUT2D eigenvalue weighted by Crippen LogP contribution is -2.29. The van der Waals surface area contributed by atoms with Gasteiger partial charge in [-0.3, -0.25) is 4.68 Å². The Hall–Kier alpha value is -0.830. The molecule has 0 fully saturated rings. The van der Waals surface area contributed by atoms with Crippen LogP contribution in [0.2, 0.25) is 0 Å². The summed E-state index contributed by atoms with van der Waals surface area (Å²) in [5.41, 5.74) is 1.09. The maximum absolute atomic E-state index is 4.46. The highest BCUT2D eigenvalue weighted by Crippen LogP contribution is 2.15. The molecule has 16 heavy (non-hydrogen) atoms. The minimum absolute atomic E-state index is 0.452. The standard InChI is InChI=1S/C13H25N3/c1-10(2)8-14-9-11(3)13(5)16-7-6-12(4)15-16/h6-7,10-11,13-14H,8-9H2,1-5H3. The van der Waals surface area contributed by atoms with Crippen LogP contribution in [-0.2, 0) is 0 Å². The van der Waals surface area contributed by atoms with Gasteiger partial charge in [0, 0.05) is 6.20 Å². The van der Waals surface area contributed by atoms with E-state index < -0.39 is 0 Å². The summed E-state index contributed by atoms with van der Waals surface area (Å²) in [6.45, 7) is 13.2. The summed E-state index contributed by atoms with van der Waals surface area (Å²) in [5.74, 6) is 1.31. The molecule has 2 atom stereocenters. The van der Waals surface area contributed by atoms with Crippen molar-refractivity contribution in [3.05, 3.63) is 18.0 Å². The van der Waals surface area contributed by atoms with Gasteiger partial charge in [-0.05, 0) is 44.8 Å². The second-order valence-corrected chi connectivity index (χ2v) is 5.21. The number of nitrogens with one attached hydrogen (secondary N) is 1. The molecule has 0 saturated carbocycles. The van der Waals surface area contributed by atoms with Gasteiger partial charge in [0.05, 0.1) is 11.7 Å². The first kappa shape index (κ1) is 13.2. The molecule has 0 amide bonds. The fourth-order valence-corrected chi connectivity index (χ4v) is 1.69. The van der Waals surface area contributed by atoms with Crippen molar-refractivity contribution in [2.75, 3.05) is 13.1 Å². The van der Waals surface area contributed by atoms with Gasteiger partial charge in [-0.25, -0.2) is 0 Å². The van der Waals surface area contributed by atoms with E-state index in [1.807, 2.05) is 6.92 Å². The van der Waals surface area contributed by atoms with E-state index in [1.165, 1.54) is 0 Å². The number of rotatable bonds is 6. The third-order valence-corrected chi connectivity index (χ3v) is 3.00. The van der Waals surface area contributed by atoms with Crippen molar-refractivity contribution in [2.45, 2.75) is 40.7 Å². The summed E-state index contributed by atoms with van der Waals surface area (Å²) >= 11 is 0. The fourth-order valence-electron chi connectivity index (χ4n) is 1.69. The Morgan fingerprint density at radius 1 is 1.25 bits per heavy atom. The highest BCUT2D eigenvalue weighted by atomic mass is 15.3. The van der Waals surface area contributed by atoms with E-state index in [1.54, 1.807) is 0 Å². The molecule has 0 aromatic carbocycles. The maximum atomic E-state index is 4.46. The zero-order valence-corrected chi connectivity index (χ0v) is 11.2. The number of hydrogen-bond acceptors (Lipinski definition) is 2. The molecule has 3 nitrogen and oxygen atoms in total. The van der Waals surface area contributed by atoms with Crippen LogP contribution < -0.4 is 5.32 Å². The molecule has 0 aliphatic heterocycles. The van der Waals surface area contributed by atoms with E-state index in [0.29, 0.717) is 12.0 Å². The van der Waals surface area contributed by atoms with Crippen LogP contribution in [0.15, 0.2) is 12.3 Å². The molecule has 1 heterocycles. The van der Waals surface area contributed by atoms with E-state index in [2.05, 4.69) is 55.1 Å². The Labute approximate surface area is 99.2 Å². The van der Waals surface area contributed by atoms with E-state index in [9.17, 15) is 0 Å². The van der Waals surface area contributed by atoms with Crippen molar-refractivity contribution in [3.8, 4) is 0 Å². The smallest absolute Gasteiger partial charge is 0.0593 e. The molecule has 0 aliphatic rings. The Balaban J connectivity index is 2.38. The van der Waals surface area contributed by atoms with Crippen LogP contribution in [0.3, 0.4) is 0 Å². The lowest BCUT2D eigenvalue weighted by Gasteiger charge is -2.21. The van der Waals surface area contributed by atoms with Gasteiger partial charge in [0.1, 0.15) is 0 Å². The predicted octanol–water partition coefficient (Wildman–Crippen LogP) is 2.63. The largest absolute Gasteiger partial charge is 0.316 e. The van der Waals surface area contributed by atoms with E-state index in [-0.39, 0.29) is 0 Å². The predicted molar refractivity (Wildman–Crippen MR) is 68.5 cm³/mol. The van der Waals surface area contributed by atoms with Crippen LogP contribution in [0.1, 0.15) is 39.4 Å². The van der Waals surface area contributed by atoms with Gasteiger partial charge in [-0.1, -0.05) is 20.8 Å². The normalized spacial score (nSPS) is 15.4. The van der Waals surface area contributed by atoms with Crippen LogP contribution >= 0.6 is 0 Å². The Bertz CT molecular complexity index is 304. The Morgan fingerprint density at radius 3 is 2.44 bits per heavy atom. The van der Waals surface area contributed by atoms with E-state index >= 15 is 0 Å². The van der Waals surface area contributed by atoms with Gasteiger partial charge < -0.3 is 5.32 Å². The molecule has 0 aliphatic carbocycles. The zero-order chi connectivity index (χ0) is 12.1. The van der Waals surface area contributed by atoms with Crippen LogP contribution in [0.25, 0.3) is 0 Å². The van der Waals surface area contributed by atoms with Crippen molar-refractivity contribution in [1.82, 2.24) is 15.1 Å². The van der Waals surface area contributed by atoms with Gasteiger partial charge in [0.25, 0.3) is 0 Å². The zero-order valence-electron chi connectivity index (χ0n) is 11.2. The molecular weight excluding hydrogens is 198 g/mol. The monoisotopic (exact) mass is 223 g/mol. The van der Waals surface area contributed by atoms with Crippen molar-refractivity contribution < 1.29 is 0 Å². The lowest BCUT2D eigenvalue weighted by molar-refractivity contribution is 0.331. The summed E-state index contributed by atoms with van der Waals surface area (Å²) < 4.78 is 2.07. The molecule has 1 aromatic heterocycles. The average molecular weight is 223 g/mol. The number of nitrogens with zero attached hydrogens (tertiary/aromatic N) is 2. The van der Waals surface area contributed by atoms with Gasteiger partial charge in [0.15, 0.2) is 0 Å². The van der Waals surface area contributed by atoms with Crippen molar-refractivity contribution in [1.29, 1.82) is 0 Å². The number of hydrogen-bond donors (Lipinski definition) is 1. The molecule has 3 heteroatoms. The van der Waals surface area contributed by atoms with Gasteiger partial charge >= 0.3 is 0 Å². The van der Waals surface area contributed by atoms with Crippen LogP contribution in [-0.4, -0.2) is 22.9 Å². The maximum Gasteiger partial charge on any atom is 0.0593 e. The summed E-state index contributed by atoms with van der Waals surface area (Å²) in [6, 6.07) is 2.51. The van der Waals surface area contributed by atoms with Gasteiger partial charge in [-0.2, -0.15) is 5.10 Å². The van der Waals surface area contributed by atoms with Crippen LogP contribution in [0.5, 0.6) is 0 Å². The van der Waals surface area contributed by atoms with E-state index in [0.717, 1.165) is 24.7 Å². The molecule has 0 saturated heterocycles.